The lowest BCUT2D eigenvalue weighted by Crippen LogP contribution is -2.38. The van der Waals surface area contributed by atoms with Crippen molar-refractivity contribution in [1.82, 2.24) is 4.31 Å². The van der Waals surface area contributed by atoms with E-state index in [1.54, 1.807) is 49.4 Å². The molecule has 2 aromatic rings. The van der Waals surface area contributed by atoms with Crippen LogP contribution in [0.2, 0.25) is 5.02 Å². The lowest BCUT2D eigenvalue weighted by Gasteiger charge is -2.17. The molecular weight excluding hydrogens is 428 g/mol. The Hall–Kier alpha value is -2.84. The average Bonchev–Trinajstić information content (AvgIpc) is 2.90. The smallest absolute Gasteiger partial charge is 0.268 e. The fourth-order valence-electron chi connectivity index (χ4n) is 3.16. The van der Waals surface area contributed by atoms with Gasteiger partial charge in [0.25, 0.3) is 15.9 Å². The van der Waals surface area contributed by atoms with Crippen LogP contribution in [0, 0.1) is 6.92 Å². The molecule has 0 aromatic heterocycles. The molecule has 0 spiro atoms. The van der Waals surface area contributed by atoms with Crippen LogP contribution < -0.4 is 10.1 Å². The van der Waals surface area contributed by atoms with E-state index in [2.05, 4.69) is 5.32 Å². The first-order chi connectivity index (χ1) is 14.2. The highest BCUT2D eigenvalue weighted by molar-refractivity contribution is 7.99. The van der Waals surface area contributed by atoms with Crippen molar-refractivity contribution < 1.29 is 22.7 Å². The molecule has 1 N–H and O–H groups in total. The minimum Gasteiger partial charge on any atom is -0.497 e. The minimum absolute atomic E-state index is 0.0798. The first-order valence-corrected chi connectivity index (χ1v) is 11.0. The van der Waals surface area contributed by atoms with Crippen LogP contribution in [-0.4, -0.2) is 38.2 Å². The van der Waals surface area contributed by atoms with Gasteiger partial charge in [-0.05, 0) is 60.9 Å². The maximum atomic E-state index is 13.1. The van der Waals surface area contributed by atoms with Crippen LogP contribution in [0.5, 0.6) is 5.75 Å². The average molecular weight is 449 g/mol. The van der Waals surface area contributed by atoms with Crippen LogP contribution in [0.1, 0.15) is 24.5 Å². The second kappa shape index (κ2) is 8.49. The van der Waals surface area contributed by atoms with Crippen LogP contribution in [-0.2, 0) is 19.6 Å². The fourth-order valence-corrected chi connectivity index (χ4v) is 5.15. The molecule has 30 heavy (non-hydrogen) atoms. The Labute approximate surface area is 180 Å². The van der Waals surface area contributed by atoms with Crippen molar-refractivity contribution in [1.29, 1.82) is 0 Å². The lowest BCUT2D eigenvalue weighted by atomic mass is 10.1. The predicted octanol–water partition coefficient (Wildman–Crippen LogP) is 3.59. The third-order valence-electron chi connectivity index (χ3n) is 4.76. The molecule has 2 aromatic carbocycles. The molecule has 3 rings (SSSR count). The van der Waals surface area contributed by atoms with E-state index < -0.39 is 28.4 Å². The molecule has 0 bridgehead atoms. The molecule has 0 saturated carbocycles. The quantitative estimate of drug-likeness (QED) is 0.729. The van der Waals surface area contributed by atoms with Crippen LogP contribution in [0.3, 0.4) is 0 Å². The molecular formula is C21H21ClN2O5S. The number of nitrogens with one attached hydrogen (secondary N) is 1. The van der Waals surface area contributed by atoms with Gasteiger partial charge in [-0.2, -0.15) is 0 Å². The number of rotatable bonds is 6. The van der Waals surface area contributed by atoms with Crippen molar-refractivity contribution in [2.75, 3.05) is 19.0 Å². The monoisotopic (exact) mass is 448 g/mol. The summed E-state index contributed by atoms with van der Waals surface area (Å²) in [5, 5.41) is 3.05. The summed E-state index contributed by atoms with van der Waals surface area (Å²) in [7, 11) is -2.67. The topological polar surface area (TPSA) is 92.8 Å². The Balaban J connectivity index is 1.87. The summed E-state index contributed by atoms with van der Waals surface area (Å²) in [6.07, 6.45) is 0.213. The number of halogens is 1. The summed E-state index contributed by atoms with van der Waals surface area (Å²) >= 11 is 6.06. The SMILES string of the molecule is CCC1=C(c2ccc(OC)cc2)S(=O)(=O)N(CC(=O)Nc2ccc(C)c(Cl)c2)C1=O. The first kappa shape index (κ1) is 21.9. The zero-order valence-electron chi connectivity index (χ0n) is 16.7. The van der Waals surface area contributed by atoms with Crippen molar-refractivity contribution in [3.8, 4) is 5.75 Å². The van der Waals surface area contributed by atoms with Crippen LogP contribution in [0.15, 0.2) is 48.0 Å². The van der Waals surface area contributed by atoms with Crippen LogP contribution in [0.25, 0.3) is 4.91 Å². The Morgan fingerprint density at radius 3 is 2.40 bits per heavy atom. The Kier molecular flexibility index (Phi) is 6.19. The molecule has 7 nitrogen and oxygen atoms in total. The highest BCUT2D eigenvalue weighted by atomic mass is 35.5. The van der Waals surface area contributed by atoms with Gasteiger partial charge in [-0.1, -0.05) is 24.6 Å². The summed E-state index contributed by atoms with van der Waals surface area (Å²) in [5.74, 6) is -0.772. The Morgan fingerprint density at radius 2 is 1.83 bits per heavy atom. The third-order valence-corrected chi connectivity index (χ3v) is 7.04. The highest BCUT2D eigenvalue weighted by Crippen LogP contribution is 2.37. The molecule has 0 atom stereocenters. The van der Waals surface area contributed by atoms with Gasteiger partial charge in [0.1, 0.15) is 17.2 Å². The Bertz CT molecular complexity index is 1140. The van der Waals surface area contributed by atoms with Gasteiger partial charge in [-0.3, -0.25) is 9.59 Å². The largest absolute Gasteiger partial charge is 0.497 e. The number of methoxy groups -OCH3 is 1. The van der Waals surface area contributed by atoms with Gasteiger partial charge >= 0.3 is 0 Å². The second-order valence-electron chi connectivity index (χ2n) is 6.72. The van der Waals surface area contributed by atoms with Crippen molar-refractivity contribution in [2.24, 2.45) is 0 Å². The molecule has 0 radical (unpaired) electrons. The normalized spacial score (nSPS) is 15.5. The summed E-state index contributed by atoms with van der Waals surface area (Å²) < 4.78 is 32.0. The molecule has 2 amide bonds. The van der Waals surface area contributed by atoms with E-state index in [1.807, 2.05) is 6.92 Å². The lowest BCUT2D eigenvalue weighted by molar-refractivity contribution is -0.126. The van der Waals surface area contributed by atoms with E-state index in [0.29, 0.717) is 26.3 Å². The number of carbonyl (C=O) groups is 2. The predicted molar refractivity (Wildman–Crippen MR) is 116 cm³/mol. The number of hydrogen-bond acceptors (Lipinski definition) is 5. The second-order valence-corrected chi connectivity index (χ2v) is 8.93. The van der Waals surface area contributed by atoms with Gasteiger partial charge in [0, 0.05) is 16.3 Å². The van der Waals surface area contributed by atoms with Crippen LogP contribution in [0.4, 0.5) is 5.69 Å². The van der Waals surface area contributed by atoms with Gasteiger partial charge in [-0.25, -0.2) is 12.7 Å². The van der Waals surface area contributed by atoms with E-state index >= 15 is 0 Å². The molecule has 0 unspecified atom stereocenters. The van der Waals surface area contributed by atoms with Crippen molar-refractivity contribution in [3.05, 3.63) is 64.2 Å². The minimum atomic E-state index is -4.18. The first-order valence-electron chi connectivity index (χ1n) is 9.19. The highest BCUT2D eigenvalue weighted by Gasteiger charge is 2.44. The fraction of sp³-hybridized carbons (Fsp3) is 0.238. The number of carbonyl (C=O) groups excluding carboxylic acids is 2. The zero-order valence-corrected chi connectivity index (χ0v) is 18.3. The molecule has 1 aliphatic heterocycles. The summed E-state index contributed by atoms with van der Waals surface area (Å²) in [6.45, 7) is 2.89. The number of benzene rings is 2. The molecule has 0 aliphatic carbocycles. The number of nitrogens with zero attached hydrogens (tertiary/aromatic N) is 1. The van der Waals surface area contributed by atoms with Crippen molar-refractivity contribution in [3.63, 3.8) is 0 Å². The Morgan fingerprint density at radius 1 is 1.17 bits per heavy atom. The van der Waals surface area contributed by atoms with E-state index in [1.165, 1.54) is 7.11 Å². The van der Waals surface area contributed by atoms with Gasteiger partial charge in [0.15, 0.2) is 0 Å². The van der Waals surface area contributed by atoms with Crippen molar-refractivity contribution >= 4 is 44.0 Å². The van der Waals surface area contributed by atoms with Gasteiger partial charge in [-0.15, -0.1) is 0 Å². The number of amides is 2. The molecule has 158 valence electrons. The van der Waals surface area contributed by atoms with Gasteiger partial charge in [0.05, 0.1) is 7.11 Å². The third kappa shape index (κ3) is 4.06. The molecule has 0 fully saturated rings. The molecule has 1 heterocycles. The molecule has 9 heteroatoms. The van der Waals surface area contributed by atoms with Crippen LogP contribution >= 0.6 is 11.6 Å². The number of aryl methyl sites for hydroxylation is 1. The van der Waals surface area contributed by atoms with Crippen molar-refractivity contribution in [2.45, 2.75) is 20.3 Å². The van der Waals surface area contributed by atoms with E-state index in [9.17, 15) is 18.0 Å². The van der Waals surface area contributed by atoms with Gasteiger partial charge in [0.2, 0.25) is 5.91 Å². The molecule has 0 saturated heterocycles. The van der Waals surface area contributed by atoms with E-state index in [0.717, 1.165) is 5.56 Å². The number of hydrogen-bond donors (Lipinski definition) is 1. The maximum Gasteiger partial charge on any atom is 0.268 e. The number of anilines is 1. The number of ether oxygens (including phenoxy) is 1. The standard InChI is InChI=1S/C21H21ClN2O5S/c1-4-17-20(14-6-9-16(29-3)10-7-14)30(27,28)24(21(17)26)12-19(25)23-15-8-5-13(2)18(22)11-15/h5-11H,4,12H2,1-3H3,(H,23,25). The van der Waals surface area contributed by atoms with E-state index in [4.69, 9.17) is 16.3 Å². The summed E-state index contributed by atoms with van der Waals surface area (Å²) in [6, 6.07) is 11.3. The van der Waals surface area contributed by atoms with Gasteiger partial charge < -0.3 is 10.1 Å². The number of sulfonamides is 1. The maximum absolute atomic E-state index is 13.1. The zero-order chi connectivity index (χ0) is 22.1. The molecule has 1 aliphatic rings. The van der Waals surface area contributed by atoms with E-state index in [-0.39, 0.29) is 16.9 Å². The summed E-state index contributed by atoms with van der Waals surface area (Å²) in [4.78, 5) is 25.2. The summed E-state index contributed by atoms with van der Waals surface area (Å²) in [5.41, 5.74) is 1.77.